The highest BCUT2D eigenvalue weighted by Gasteiger charge is 2.36. The van der Waals surface area contributed by atoms with Gasteiger partial charge in [-0.1, -0.05) is 43.7 Å². The number of imide groups is 1. The van der Waals surface area contributed by atoms with Crippen molar-refractivity contribution in [2.45, 2.75) is 33.6 Å². The van der Waals surface area contributed by atoms with Gasteiger partial charge in [-0.15, -0.1) is 0 Å². The summed E-state index contributed by atoms with van der Waals surface area (Å²) < 4.78 is 0. The van der Waals surface area contributed by atoms with E-state index in [0.717, 1.165) is 40.6 Å². The lowest BCUT2D eigenvalue weighted by atomic mass is 10.1. The Morgan fingerprint density at radius 2 is 1.72 bits per heavy atom. The minimum absolute atomic E-state index is 0.178. The van der Waals surface area contributed by atoms with Gasteiger partial charge in [-0.25, -0.2) is 0 Å². The molecule has 25 heavy (non-hydrogen) atoms. The summed E-state index contributed by atoms with van der Waals surface area (Å²) in [4.78, 5) is 40.2. The van der Waals surface area contributed by atoms with Crippen molar-refractivity contribution in [2.24, 2.45) is 0 Å². The third kappa shape index (κ3) is 4.95. The predicted octanol–water partition coefficient (Wildman–Crippen LogP) is 3.68. The highest BCUT2D eigenvalue weighted by Crippen LogP contribution is 2.32. The Labute approximate surface area is 153 Å². The van der Waals surface area contributed by atoms with Crippen molar-refractivity contribution in [1.82, 2.24) is 9.80 Å². The summed E-state index contributed by atoms with van der Waals surface area (Å²) in [5.41, 5.74) is 1.99. The van der Waals surface area contributed by atoms with Gasteiger partial charge in [0.1, 0.15) is 6.54 Å². The second-order valence-electron chi connectivity index (χ2n) is 6.06. The molecule has 6 heteroatoms. The maximum Gasteiger partial charge on any atom is 0.294 e. The second-order valence-corrected chi connectivity index (χ2v) is 7.05. The molecule has 1 saturated heterocycles. The number of carbonyl (C=O) groups is 3. The molecule has 0 N–H and O–H groups in total. The number of benzene rings is 1. The number of carbonyl (C=O) groups excluding carboxylic acids is 3. The second kappa shape index (κ2) is 8.85. The van der Waals surface area contributed by atoms with Crippen molar-refractivity contribution in [3.05, 3.63) is 40.3 Å². The van der Waals surface area contributed by atoms with Crippen LogP contribution in [0.25, 0.3) is 6.08 Å². The van der Waals surface area contributed by atoms with Crippen LogP contribution in [-0.4, -0.2) is 46.5 Å². The summed E-state index contributed by atoms with van der Waals surface area (Å²) in [5, 5.41) is -0.385. The van der Waals surface area contributed by atoms with Crippen molar-refractivity contribution < 1.29 is 14.4 Å². The van der Waals surface area contributed by atoms with Crippen molar-refractivity contribution in [1.29, 1.82) is 0 Å². The average Bonchev–Trinajstić information content (AvgIpc) is 2.84. The van der Waals surface area contributed by atoms with Crippen LogP contribution in [0.3, 0.4) is 0 Å². The molecule has 0 bridgehead atoms. The number of hydrogen-bond acceptors (Lipinski definition) is 4. The van der Waals surface area contributed by atoms with Gasteiger partial charge in [0.15, 0.2) is 0 Å². The van der Waals surface area contributed by atoms with E-state index in [4.69, 9.17) is 0 Å². The molecule has 1 fully saturated rings. The molecular formula is C19H24N2O3S. The first-order chi connectivity index (χ1) is 12.0. The quantitative estimate of drug-likeness (QED) is 0.696. The lowest BCUT2D eigenvalue weighted by Crippen LogP contribution is -2.42. The van der Waals surface area contributed by atoms with Crippen LogP contribution in [0.4, 0.5) is 4.79 Å². The first-order valence-electron chi connectivity index (χ1n) is 8.56. The third-order valence-electron chi connectivity index (χ3n) is 3.88. The average molecular weight is 360 g/mol. The van der Waals surface area contributed by atoms with Gasteiger partial charge in [0.25, 0.3) is 11.1 Å². The number of rotatable bonds is 7. The fourth-order valence-corrected chi connectivity index (χ4v) is 3.42. The van der Waals surface area contributed by atoms with Gasteiger partial charge in [0.2, 0.25) is 5.91 Å². The summed E-state index contributed by atoms with van der Waals surface area (Å²) in [6.07, 6.45) is 3.40. The van der Waals surface area contributed by atoms with Gasteiger partial charge in [0.05, 0.1) is 4.91 Å². The normalized spacial score (nSPS) is 16.0. The summed E-state index contributed by atoms with van der Waals surface area (Å²) in [7, 11) is 0. The molecule has 0 atom stereocenters. The molecule has 1 heterocycles. The van der Waals surface area contributed by atoms with Crippen LogP contribution in [0.15, 0.2) is 29.2 Å². The predicted molar refractivity (Wildman–Crippen MR) is 101 cm³/mol. The van der Waals surface area contributed by atoms with E-state index >= 15 is 0 Å². The Balaban J connectivity index is 2.10. The van der Waals surface area contributed by atoms with Crippen LogP contribution in [0.1, 0.15) is 37.8 Å². The molecular weight excluding hydrogens is 336 g/mol. The first-order valence-corrected chi connectivity index (χ1v) is 9.37. The smallest absolute Gasteiger partial charge is 0.294 e. The highest BCUT2D eigenvalue weighted by atomic mass is 32.2. The lowest BCUT2D eigenvalue weighted by molar-refractivity contribution is -0.135. The number of aryl methyl sites for hydroxylation is 1. The minimum Gasteiger partial charge on any atom is -0.341 e. The van der Waals surface area contributed by atoms with Gasteiger partial charge in [-0.2, -0.15) is 0 Å². The standard InChI is InChI=1S/C19H24N2O3S/c1-4-10-20(11-5-2)17(22)13-21-18(23)16(25-19(21)24)12-15-8-6-14(3)7-9-15/h6-9,12H,4-5,10-11,13H2,1-3H3/b16-12-. The zero-order valence-corrected chi connectivity index (χ0v) is 15.8. The highest BCUT2D eigenvalue weighted by molar-refractivity contribution is 8.18. The molecule has 0 saturated carbocycles. The molecule has 0 aromatic heterocycles. The number of thioether (sulfide) groups is 1. The van der Waals surface area contributed by atoms with Crippen LogP contribution < -0.4 is 0 Å². The lowest BCUT2D eigenvalue weighted by Gasteiger charge is -2.23. The Kier molecular flexibility index (Phi) is 6.82. The van der Waals surface area contributed by atoms with E-state index in [1.54, 1.807) is 11.0 Å². The Bertz CT molecular complexity index is 676. The Morgan fingerprint density at radius 1 is 1.12 bits per heavy atom. The maximum atomic E-state index is 12.5. The van der Waals surface area contributed by atoms with E-state index in [9.17, 15) is 14.4 Å². The van der Waals surface area contributed by atoms with Crippen LogP contribution in [0, 0.1) is 6.92 Å². The van der Waals surface area contributed by atoms with Crippen LogP contribution in [-0.2, 0) is 9.59 Å². The van der Waals surface area contributed by atoms with Crippen LogP contribution in [0.2, 0.25) is 0 Å². The summed E-state index contributed by atoms with van der Waals surface area (Å²) in [5.74, 6) is -0.570. The van der Waals surface area contributed by atoms with Gasteiger partial charge in [0, 0.05) is 13.1 Å². The Hall–Kier alpha value is -2.08. The summed E-state index contributed by atoms with van der Waals surface area (Å²) in [6.45, 7) is 7.09. The first kappa shape index (κ1) is 19.2. The molecule has 1 aromatic rings. The van der Waals surface area contributed by atoms with Crippen molar-refractivity contribution in [3.8, 4) is 0 Å². The van der Waals surface area contributed by atoms with Crippen molar-refractivity contribution in [2.75, 3.05) is 19.6 Å². The van der Waals surface area contributed by atoms with Crippen LogP contribution >= 0.6 is 11.8 Å². The molecule has 0 aliphatic carbocycles. The number of hydrogen-bond donors (Lipinski definition) is 0. The van der Waals surface area contributed by atoms with Crippen molar-refractivity contribution in [3.63, 3.8) is 0 Å². The van der Waals surface area contributed by atoms with E-state index in [0.29, 0.717) is 18.0 Å². The van der Waals surface area contributed by atoms with E-state index < -0.39 is 5.91 Å². The molecule has 0 radical (unpaired) electrons. The van der Waals surface area contributed by atoms with Crippen LogP contribution in [0.5, 0.6) is 0 Å². The van der Waals surface area contributed by atoms with Gasteiger partial charge in [-0.05, 0) is 43.2 Å². The van der Waals surface area contributed by atoms with E-state index in [2.05, 4.69) is 0 Å². The van der Waals surface area contributed by atoms with E-state index in [-0.39, 0.29) is 17.7 Å². The maximum absolute atomic E-state index is 12.5. The van der Waals surface area contributed by atoms with Crippen molar-refractivity contribution >= 4 is 34.9 Å². The SMILES string of the molecule is CCCN(CCC)C(=O)CN1C(=O)S/C(=C\c2ccc(C)cc2)C1=O. The third-order valence-corrected chi connectivity index (χ3v) is 4.79. The molecule has 2 rings (SSSR count). The Morgan fingerprint density at radius 3 is 2.28 bits per heavy atom. The molecule has 5 nitrogen and oxygen atoms in total. The molecule has 0 spiro atoms. The van der Waals surface area contributed by atoms with Gasteiger partial charge < -0.3 is 4.90 Å². The topological polar surface area (TPSA) is 57.7 Å². The monoisotopic (exact) mass is 360 g/mol. The van der Waals surface area contributed by atoms with E-state index in [1.165, 1.54) is 0 Å². The number of nitrogens with zero attached hydrogens (tertiary/aromatic N) is 2. The van der Waals surface area contributed by atoms with Gasteiger partial charge >= 0.3 is 0 Å². The summed E-state index contributed by atoms with van der Waals surface area (Å²) in [6, 6.07) is 7.71. The molecule has 134 valence electrons. The molecule has 3 amide bonds. The molecule has 0 unspecified atom stereocenters. The summed E-state index contributed by atoms with van der Waals surface area (Å²) >= 11 is 0.889. The zero-order chi connectivity index (χ0) is 18.4. The molecule has 1 aliphatic rings. The minimum atomic E-state index is -0.392. The zero-order valence-electron chi connectivity index (χ0n) is 14.9. The number of amides is 3. The fourth-order valence-electron chi connectivity index (χ4n) is 2.59. The van der Waals surface area contributed by atoms with Gasteiger partial charge in [-0.3, -0.25) is 19.3 Å². The van der Waals surface area contributed by atoms with E-state index in [1.807, 2.05) is 45.0 Å². The molecule has 1 aliphatic heterocycles. The molecule has 1 aromatic carbocycles. The largest absolute Gasteiger partial charge is 0.341 e. The fraction of sp³-hybridized carbons (Fsp3) is 0.421.